The molecule has 1 aromatic heterocycles. The van der Waals surface area contributed by atoms with E-state index in [4.69, 9.17) is 11.6 Å². The van der Waals surface area contributed by atoms with Crippen molar-refractivity contribution in [2.45, 2.75) is 0 Å². The van der Waals surface area contributed by atoms with E-state index < -0.39 is 0 Å². The fourth-order valence-electron chi connectivity index (χ4n) is 1.80. The van der Waals surface area contributed by atoms with Gasteiger partial charge in [-0.15, -0.1) is 0 Å². The number of nitrogens with zero attached hydrogens (tertiary/aromatic N) is 1. The second-order valence-corrected chi connectivity index (χ2v) is 4.11. The van der Waals surface area contributed by atoms with Crippen molar-refractivity contribution in [1.82, 2.24) is 9.97 Å². The third-order valence-corrected chi connectivity index (χ3v) is 2.80. The Labute approximate surface area is 102 Å². The molecule has 84 valence electrons. The highest BCUT2D eigenvalue weighted by Gasteiger charge is 2.24. The first-order valence-corrected chi connectivity index (χ1v) is 5.44. The van der Waals surface area contributed by atoms with Gasteiger partial charge in [0.15, 0.2) is 0 Å². The van der Waals surface area contributed by atoms with Crippen molar-refractivity contribution in [3.05, 3.63) is 47.0 Å². The number of rotatable bonds is 1. The Morgan fingerprint density at radius 3 is 3.00 bits per heavy atom. The van der Waals surface area contributed by atoms with Crippen molar-refractivity contribution in [2.24, 2.45) is 0 Å². The van der Waals surface area contributed by atoms with Crippen LogP contribution in [-0.4, -0.2) is 15.9 Å². The maximum absolute atomic E-state index is 11.8. The monoisotopic (exact) mass is 245 g/mol. The summed E-state index contributed by atoms with van der Waals surface area (Å²) >= 11 is 5.93. The first kappa shape index (κ1) is 10.1. The topological polar surface area (TPSA) is 57.8 Å². The summed E-state index contributed by atoms with van der Waals surface area (Å²) in [5.74, 6) is 0.502. The van der Waals surface area contributed by atoms with E-state index in [2.05, 4.69) is 15.3 Å². The van der Waals surface area contributed by atoms with Crippen LogP contribution in [-0.2, 0) is 4.79 Å². The van der Waals surface area contributed by atoms with Crippen LogP contribution in [0.1, 0.15) is 11.4 Å². The molecule has 0 aliphatic carbocycles. The van der Waals surface area contributed by atoms with Gasteiger partial charge in [-0.1, -0.05) is 11.6 Å². The molecule has 0 atom stereocenters. The molecule has 2 heterocycles. The molecule has 5 heteroatoms. The van der Waals surface area contributed by atoms with Crippen molar-refractivity contribution in [3.63, 3.8) is 0 Å². The van der Waals surface area contributed by atoms with Gasteiger partial charge in [-0.05, 0) is 24.3 Å². The van der Waals surface area contributed by atoms with E-state index in [9.17, 15) is 4.79 Å². The molecule has 0 spiro atoms. The number of carbonyl (C=O) groups is 1. The number of hydrogen-bond acceptors (Lipinski definition) is 2. The minimum Gasteiger partial charge on any atom is -0.345 e. The van der Waals surface area contributed by atoms with E-state index >= 15 is 0 Å². The van der Waals surface area contributed by atoms with Gasteiger partial charge in [-0.2, -0.15) is 0 Å². The number of aromatic nitrogens is 2. The second kappa shape index (κ2) is 3.75. The number of aromatic amines is 1. The number of amides is 1. The van der Waals surface area contributed by atoms with Crippen LogP contribution in [0.2, 0.25) is 5.02 Å². The number of H-pyrrole nitrogens is 1. The summed E-state index contributed by atoms with van der Waals surface area (Å²) in [4.78, 5) is 18.8. The number of fused-ring (bicyclic) bond motifs is 1. The Balaban J connectivity index is 2.13. The molecule has 17 heavy (non-hydrogen) atoms. The number of halogens is 1. The highest BCUT2D eigenvalue weighted by atomic mass is 35.5. The summed E-state index contributed by atoms with van der Waals surface area (Å²) < 4.78 is 0. The molecule has 2 N–H and O–H groups in total. The Kier molecular flexibility index (Phi) is 2.23. The Hall–Kier alpha value is -2.07. The first-order valence-electron chi connectivity index (χ1n) is 5.06. The molecule has 1 amide bonds. The van der Waals surface area contributed by atoms with Crippen LogP contribution in [0.25, 0.3) is 11.6 Å². The molecule has 3 rings (SSSR count). The third-order valence-electron chi connectivity index (χ3n) is 2.57. The fraction of sp³-hybridized carbons (Fsp3) is 0. The minimum atomic E-state index is -0.140. The number of benzene rings is 1. The van der Waals surface area contributed by atoms with Crippen LogP contribution < -0.4 is 5.32 Å². The van der Waals surface area contributed by atoms with E-state index in [0.717, 1.165) is 11.3 Å². The number of hydrogen-bond donors (Lipinski definition) is 2. The van der Waals surface area contributed by atoms with E-state index in [1.54, 1.807) is 36.7 Å². The van der Waals surface area contributed by atoms with Gasteiger partial charge in [0.1, 0.15) is 5.82 Å². The molecule has 0 bridgehead atoms. The molecule has 0 radical (unpaired) electrons. The maximum atomic E-state index is 11.8. The molecule has 0 fully saturated rings. The van der Waals surface area contributed by atoms with Crippen molar-refractivity contribution in [1.29, 1.82) is 0 Å². The van der Waals surface area contributed by atoms with Gasteiger partial charge in [0.05, 0.1) is 5.57 Å². The highest BCUT2D eigenvalue weighted by molar-refractivity contribution is 6.36. The quantitative estimate of drug-likeness (QED) is 0.759. The van der Waals surface area contributed by atoms with Crippen LogP contribution >= 0.6 is 11.6 Å². The van der Waals surface area contributed by atoms with E-state index in [1.165, 1.54) is 0 Å². The van der Waals surface area contributed by atoms with Crippen LogP contribution in [0.5, 0.6) is 0 Å². The molecule has 0 saturated heterocycles. The largest absolute Gasteiger partial charge is 0.345 e. The predicted molar refractivity (Wildman–Crippen MR) is 66.5 cm³/mol. The number of imidazole rings is 1. The molecule has 2 aromatic rings. The fourth-order valence-corrected chi connectivity index (χ4v) is 1.97. The van der Waals surface area contributed by atoms with Gasteiger partial charge in [0.2, 0.25) is 0 Å². The number of anilines is 1. The predicted octanol–water partition coefficient (Wildman–Crippen LogP) is 2.56. The average Bonchev–Trinajstić information content (AvgIpc) is 2.90. The van der Waals surface area contributed by atoms with E-state index in [1.807, 2.05) is 0 Å². The second-order valence-electron chi connectivity index (χ2n) is 3.68. The summed E-state index contributed by atoms with van der Waals surface area (Å²) in [6, 6.07) is 5.30. The van der Waals surface area contributed by atoms with Gasteiger partial charge in [0, 0.05) is 28.7 Å². The van der Waals surface area contributed by atoms with E-state index in [-0.39, 0.29) is 5.91 Å². The lowest BCUT2D eigenvalue weighted by atomic mass is 10.1. The van der Waals surface area contributed by atoms with Gasteiger partial charge in [-0.3, -0.25) is 4.79 Å². The maximum Gasteiger partial charge on any atom is 0.256 e. The molecule has 4 nitrogen and oxygen atoms in total. The zero-order chi connectivity index (χ0) is 11.8. The lowest BCUT2D eigenvalue weighted by Crippen LogP contribution is -2.03. The van der Waals surface area contributed by atoms with Crippen LogP contribution in [0.4, 0.5) is 5.69 Å². The minimum absolute atomic E-state index is 0.140. The third kappa shape index (κ3) is 1.72. The Morgan fingerprint density at radius 1 is 1.35 bits per heavy atom. The first-order chi connectivity index (χ1) is 8.24. The summed E-state index contributed by atoms with van der Waals surface area (Å²) in [7, 11) is 0. The summed E-state index contributed by atoms with van der Waals surface area (Å²) in [6.45, 7) is 0. The number of nitrogens with one attached hydrogen (secondary N) is 2. The smallest absolute Gasteiger partial charge is 0.256 e. The van der Waals surface area contributed by atoms with Crippen LogP contribution in [0.3, 0.4) is 0 Å². The highest BCUT2D eigenvalue weighted by Crippen LogP contribution is 2.34. The molecule has 1 aromatic carbocycles. The SMILES string of the molecule is O=C1Nc2ccc(Cl)cc2C1=Cc1ncc[nH]1. The summed E-state index contributed by atoms with van der Waals surface area (Å²) in [5, 5.41) is 3.38. The normalized spacial score (nSPS) is 16.1. The van der Waals surface area contributed by atoms with E-state index in [0.29, 0.717) is 16.4 Å². The summed E-state index contributed by atoms with van der Waals surface area (Å²) in [5.41, 5.74) is 2.15. The molecular formula is C12H8ClN3O. The lowest BCUT2D eigenvalue weighted by molar-refractivity contribution is -0.110. The molecular weight excluding hydrogens is 238 g/mol. The number of carbonyl (C=O) groups excluding carboxylic acids is 1. The van der Waals surface area contributed by atoms with Gasteiger partial charge in [-0.25, -0.2) is 4.98 Å². The standard InChI is InChI=1S/C12H8ClN3O/c13-7-1-2-10-8(5-7)9(12(17)16-10)6-11-14-3-4-15-11/h1-6H,(H,14,15)(H,16,17). The van der Waals surface area contributed by atoms with Crippen LogP contribution in [0.15, 0.2) is 30.6 Å². The molecule has 0 saturated carbocycles. The zero-order valence-corrected chi connectivity index (χ0v) is 9.45. The van der Waals surface area contributed by atoms with Crippen LogP contribution in [0, 0.1) is 0 Å². The van der Waals surface area contributed by atoms with Crippen molar-refractivity contribution in [2.75, 3.05) is 5.32 Å². The zero-order valence-electron chi connectivity index (χ0n) is 8.70. The van der Waals surface area contributed by atoms with Gasteiger partial charge >= 0.3 is 0 Å². The molecule has 1 aliphatic rings. The Bertz CT molecular complexity index is 617. The lowest BCUT2D eigenvalue weighted by Gasteiger charge is -1.98. The summed E-state index contributed by atoms with van der Waals surface area (Å²) in [6.07, 6.45) is 5.05. The average molecular weight is 246 g/mol. The van der Waals surface area contributed by atoms with Crippen molar-refractivity contribution >= 4 is 34.8 Å². The molecule has 0 unspecified atom stereocenters. The van der Waals surface area contributed by atoms with Crippen molar-refractivity contribution < 1.29 is 4.79 Å². The van der Waals surface area contributed by atoms with Gasteiger partial charge < -0.3 is 10.3 Å². The Morgan fingerprint density at radius 2 is 2.24 bits per heavy atom. The van der Waals surface area contributed by atoms with Crippen molar-refractivity contribution in [3.8, 4) is 0 Å². The molecule has 1 aliphatic heterocycles. The van der Waals surface area contributed by atoms with Gasteiger partial charge in [0.25, 0.3) is 5.91 Å².